The van der Waals surface area contributed by atoms with Crippen LogP contribution in [0.4, 0.5) is 0 Å². The lowest BCUT2D eigenvalue weighted by molar-refractivity contribution is -0.176. The number of esters is 2. The minimum Gasteiger partial charge on any atom is -0.497 e. The minimum atomic E-state index is -0.940. The highest BCUT2D eigenvalue weighted by molar-refractivity contribution is 5.92. The number of carbonyl (C=O) groups excluding carboxylic acids is 2. The van der Waals surface area contributed by atoms with Crippen LogP contribution in [0.2, 0.25) is 0 Å². The molecule has 33 heavy (non-hydrogen) atoms. The molecule has 7 atom stereocenters. The average Bonchev–Trinajstić information content (AvgIpc) is 3.14. The van der Waals surface area contributed by atoms with Crippen LogP contribution in [0.15, 0.2) is 18.2 Å². The van der Waals surface area contributed by atoms with Crippen molar-refractivity contribution in [2.75, 3.05) is 27.9 Å². The summed E-state index contributed by atoms with van der Waals surface area (Å²) in [6, 6.07) is 5.63. The van der Waals surface area contributed by atoms with Crippen molar-refractivity contribution >= 4 is 22.8 Å². The standard InChI is InChI=1S/C25H32N2O6/c1-13(28)18-9-14-12-25(24(30)33-4)22-17(16-6-5-15(31-2)10-19(16)26-22)7-8-27(23(18)25)20(14)11-21(29)32-3/h5-6,10,13-14,18,20,23,26,28H,7-9,11-12H2,1-4H3/t13-,14+,18+,20+,23-,25+/m0/s1. The fourth-order valence-corrected chi connectivity index (χ4v) is 7.05. The largest absolute Gasteiger partial charge is 0.497 e. The van der Waals surface area contributed by atoms with E-state index in [0.717, 1.165) is 40.8 Å². The van der Waals surface area contributed by atoms with Crippen molar-refractivity contribution in [2.24, 2.45) is 11.8 Å². The number of aliphatic hydroxyl groups excluding tert-OH is 1. The average molecular weight is 457 g/mol. The Balaban J connectivity index is 1.73. The number of aliphatic hydroxyl groups is 1. The van der Waals surface area contributed by atoms with E-state index >= 15 is 0 Å². The van der Waals surface area contributed by atoms with Gasteiger partial charge in [-0.05, 0) is 49.8 Å². The normalized spacial score (nSPS) is 33.2. The number of nitrogens with one attached hydrogen (secondary N) is 1. The Morgan fingerprint density at radius 1 is 1.27 bits per heavy atom. The number of piperidine rings is 2. The van der Waals surface area contributed by atoms with Crippen molar-refractivity contribution in [1.29, 1.82) is 0 Å². The topological polar surface area (TPSA) is 101 Å². The molecule has 0 spiro atoms. The number of aromatic amines is 1. The Hall–Kier alpha value is -2.58. The Kier molecular flexibility index (Phi) is 5.40. The van der Waals surface area contributed by atoms with E-state index in [4.69, 9.17) is 14.2 Å². The first-order valence-electron chi connectivity index (χ1n) is 11.6. The molecule has 4 aliphatic rings. The summed E-state index contributed by atoms with van der Waals surface area (Å²) in [6.45, 7) is 2.49. The van der Waals surface area contributed by atoms with E-state index < -0.39 is 11.5 Å². The van der Waals surface area contributed by atoms with E-state index in [2.05, 4.69) is 9.88 Å². The third-order valence-electron chi connectivity index (χ3n) is 8.35. The number of H-pyrrole nitrogens is 1. The molecular formula is C25H32N2O6. The summed E-state index contributed by atoms with van der Waals surface area (Å²) in [7, 11) is 4.48. The van der Waals surface area contributed by atoms with Crippen LogP contribution in [0, 0.1) is 11.8 Å². The minimum absolute atomic E-state index is 0.0226. The van der Waals surface area contributed by atoms with Crippen molar-refractivity contribution in [3.63, 3.8) is 0 Å². The monoisotopic (exact) mass is 456 g/mol. The van der Waals surface area contributed by atoms with Crippen LogP contribution in [-0.2, 0) is 30.9 Å². The molecule has 178 valence electrons. The molecule has 4 heterocycles. The quantitative estimate of drug-likeness (QED) is 0.665. The fourth-order valence-electron chi connectivity index (χ4n) is 7.05. The van der Waals surface area contributed by atoms with E-state index in [0.29, 0.717) is 13.0 Å². The van der Waals surface area contributed by atoms with Crippen LogP contribution in [0.1, 0.15) is 37.4 Å². The molecule has 2 N–H and O–H groups in total. The van der Waals surface area contributed by atoms with Gasteiger partial charge in [-0.25, -0.2) is 0 Å². The number of fused-ring (bicyclic) bond motifs is 4. The molecule has 0 radical (unpaired) electrons. The maximum Gasteiger partial charge on any atom is 0.319 e. The van der Waals surface area contributed by atoms with Crippen LogP contribution < -0.4 is 4.74 Å². The second kappa shape index (κ2) is 8.02. The zero-order valence-electron chi connectivity index (χ0n) is 19.6. The highest BCUT2D eigenvalue weighted by Crippen LogP contribution is 2.58. The van der Waals surface area contributed by atoms with Gasteiger partial charge in [-0.3, -0.25) is 14.5 Å². The number of carbonyl (C=O) groups is 2. The molecule has 3 aliphatic heterocycles. The highest BCUT2D eigenvalue weighted by atomic mass is 16.5. The van der Waals surface area contributed by atoms with Crippen LogP contribution >= 0.6 is 0 Å². The summed E-state index contributed by atoms with van der Waals surface area (Å²) >= 11 is 0. The number of benzene rings is 1. The number of nitrogens with zero attached hydrogens (tertiary/aromatic N) is 1. The predicted octanol–water partition coefficient (Wildman–Crippen LogP) is 2.17. The first-order valence-corrected chi connectivity index (χ1v) is 11.6. The summed E-state index contributed by atoms with van der Waals surface area (Å²) in [4.78, 5) is 31.8. The molecule has 1 unspecified atom stereocenters. The van der Waals surface area contributed by atoms with Gasteiger partial charge >= 0.3 is 11.9 Å². The predicted molar refractivity (Wildman–Crippen MR) is 121 cm³/mol. The summed E-state index contributed by atoms with van der Waals surface area (Å²) in [5, 5.41) is 11.9. The molecule has 4 bridgehead atoms. The molecule has 1 aromatic carbocycles. The van der Waals surface area contributed by atoms with Gasteiger partial charge in [-0.15, -0.1) is 0 Å². The van der Waals surface area contributed by atoms with Gasteiger partial charge in [0.15, 0.2) is 0 Å². The van der Waals surface area contributed by atoms with Crippen molar-refractivity contribution in [3.05, 3.63) is 29.5 Å². The lowest BCUT2D eigenvalue weighted by atomic mass is 9.53. The number of rotatable bonds is 5. The lowest BCUT2D eigenvalue weighted by Crippen LogP contribution is -2.72. The molecule has 1 aromatic heterocycles. The molecular weight excluding hydrogens is 424 g/mol. The third kappa shape index (κ3) is 3.10. The number of methoxy groups -OCH3 is 3. The first-order chi connectivity index (χ1) is 15.8. The van der Waals surface area contributed by atoms with E-state index in [9.17, 15) is 14.7 Å². The number of aromatic nitrogens is 1. The smallest absolute Gasteiger partial charge is 0.319 e. The van der Waals surface area contributed by atoms with Crippen LogP contribution in [0.5, 0.6) is 5.75 Å². The highest BCUT2D eigenvalue weighted by Gasteiger charge is 2.66. The van der Waals surface area contributed by atoms with Gasteiger partial charge in [-0.1, -0.05) is 0 Å². The maximum absolute atomic E-state index is 13.7. The zero-order valence-corrected chi connectivity index (χ0v) is 19.6. The molecule has 6 rings (SSSR count). The molecule has 3 fully saturated rings. The number of hydrogen-bond acceptors (Lipinski definition) is 7. The number of hydrogen-bond donors (Lipinski definition) is 2. The molecule has 8 heteroatoms. The van der Waals surface area contributed by atoms with E-state index in [1.54, 1.807) is 14.0 Å². The Morgan fingerprint density at radius 3 is 2.73 bits per heavy atom. The van der Waals surface area contributed by atoms with Crippen molar-refractivity contribution in [2.45, 2.75) is 56.2 Å². The second-order valence-corrected chi connectivity index (χ2v) is 9.74. The number of ether oxygens (including phenoxy) is 3. The van der Waals surface area contributed by atoms with Gasteiger partial charge in [0, 0.05) is 47.2 Å². The fraction of sp³-hybridized carbons (Fsp3) is 0.600. The summed E-state index contributed by atoms with van der Waals surface area (Å²) in [6.07, 6.45) is 1.77. The molecule has 8 nitrogen and oxygen atoms in total. The lowest BCUT2D eigenvalue weighted by Gasteiger charge is -2.61. The van der Waals surface area contributed by atoms with Gasteiger partial charge in [0.2, 0.25) is 0 Å². The Labute approximate surface area is 193 Å². The maximum atomic E-state index is 13.7. The Morgan fingerprint density at radius 2 is 2.06 bits per heavy atom. The molecule has 1 saturated carbocycles. The van der Waals surface area contributed by atoms with Crippen LogP contribution in [-0.4, -0.2) is 73.0 Å². The van der Waals surface area contributed by atoms with Crippen LogP contribution in [0.25, 0.3) is 10.9 Å². The summed E-state index contributed by atoms with van der Waals surface area (Å²) in [5.41, 5.74) is 1.98. The van der Waals surface area contributed by atoms with Gasteiger partial charge in [-0.2, -0.15) is 0 Å². The van der Waals surface area contributed by atoms with Crippen LogP contribution in [0.3, 0.4) is 0 Å². The first kappa shape index (κ1) is 22.2. The van der Waals surface area contributed by atoms with E-state index in [-0.39, 0.29) is 42.3 Å². The SMILES string of the molecule is COC(=O)C[C@@H]1[C@@H]2C[C@H]([C@H](C)O)[C@@H]3N1CCc1c([nH]c4cc(OC)ccc14)[C@]3(C(=O)OC)C2. The van der Waals surface area contributed by atoms with E-state index in [1.807, 2.05) is 18.2 Å². The van der Waals surface area contributed by atoms with E-state index in [1.165, 1.54) is 14.2 Å². The van der Waals surface area contributed by atoms with Gasteiger partial charge in [0.1, 0.15) is 11.2 Å². The third-order valence-corrected chi connectivity index (χ3v) is 8.35. The van der Waals surface area contributed by atoms with Crippen molar-refractivity contribution in [3.8, 4) is 5.75 Å². The second-order valence-electron chi connectivity index (χ2n) is 9.74. The molecule has 2 aromatic rings. The molecule has 1 aliphatic carbocycles. The van der Waals surface area contributed by atoms with Crippen molar-refractivity contribution < 1.29 is 28.9 Å². The van der Waals surface area contributed by atoms with Gasteiger partial charge in [0.25, 0.3) is 0 Å². The summed E-state index contributed by atoms with van der Waals surface area (Å²) in [5.74, 6) is 0.164. The van der Waals surface area contributed by atoms with Gasteiger partial charge in [0.05, 0.1) is 33.9 Å². The summed E-state index contributed by atoms with van der Waals surface area (Å²) < 4.78 is 15.9. The molecule has 0 amide bonds. The zero-order chi connectivity index (χ0) is 23.5. The van der Waals surface area contributed by atoms with Gasteiger partial charge < -0.3 is 24.3 Å². The molecule has 2 saturated heterocycles. The Bertz CT molecular complexity index is 1090. The van der Waals surface area contributed by atoms with Crippen molar-refractivity contribution in [1.82, 2.24) is 9.88 Å².